The normalized spacial score (nSPS) is 12.3. The van der Waals surface area contributed by atoms with E-state index in [1.807, 2.05) is 44.6 Å². The maximum atomic E-state index is 14.2. The minimum absolute atomic E-state index is 0.183. The van der Waals surface area contributed by atoms with Gasteiger partial charge in [0.15, 0.2) is 0 Å². The molecule has 0 amide bonds. The van der Waals surface area contributed by atoms with Crippen molar-refractivity contribution in [2.24, 2.45) is 5.73 Å². The number of nitrogens with two attached hydrogens (primary N) is 1. The lowest BCUT2D eigenvalue weighted by Gasteiger charge is -2.09. The number of pyridine rings is 1. The number of aromatic nitrogens is 2. The topological polar surface area (TPSA) is 47.1 Å². The zero-order valence-electron chi connectivity index (χ0n) is 16.9. The third-order valence-electron chi connectivity index (χ3n) is 4.67. The Morgan fingerprint density at radius 2 is 1.89 bits per heavy atom. The first-order valence-corrected chi connectivity index (χ1v) is 10.1. The fraction of sp³-hybridized carbons (Fsp3) is 0.318. The van der Waals surface area contributed by atoms with Crippen molar-refractivity contribution in [2.45, 2.75) is 31.7 Å². The highest BCUT2D eigenvalue weighted by Crippen LogP contribution is 2.29. The average molecular weight is 399 g/mol. The first-order valence-electron chi connectivity index (χ1n) is 9.33. The molecule has 3 rings (SSSR count). The predicted octanol–water partition coefficient (Wildman–Crippen LogP) is 4.62. The van der Waals surface area contributed by atoms with Crippen molar-refractivity contribution in [3.8, 4) is 0 Å². The zero-order chi connectivity index (χ0) is 20.3. The van der Waals surface area contributed by atoms with Crippen LogP contribution in [-0.2, 0) is 13.0 Å². The van der Waals surface area contributed by atoms with Gasteiger partial charge in [-0.15, -0.1) is 0 Å². The van der Waals surface area contributed by atoms with Gasteiger partial charge in [-0.1, -0.05) is 12.1 Å². The van der Waals surface area contributed by atoms with Gasteiger partial charge in [0.1, 0.15) is 5.83 Å². The van der Waals surface area contributed by atoms with Crippen molar-refractivity contribution in [1.82, 2.24) is 13.9 Å². The number of hydrogen-bond acceptors (Lipinski definition) is 4. The smallest absolute Gasteiger partial charge is 0.117 e. The largest absolute Gasteiger partial charge is 0.336 e. The molecule has 0 spiro atoms. The molecule has 0 radical (unpaired) electrons. The molecular weight excluding hydrogens is 371 g/mol. The quantitative estimate of drug-likeness (QED) is 0.590. The average Bonchev–Trinajstić information content (AvgIpc) is 2.88. The highest BCUT2D eigenvalue weighted by Gasteiger charge is 2.17. The molecule has 2 N–H and O–H groups in total. The molecule has 0 saturated carbocycles. The minimum atomic E-state index is -0.223. The van der Waals surface area contributed by atoms with Gasteiger partial charge < -0.3 is 10.3 Å². The van der Waals surface area contributed by atoms with E-state index in [-0.39, 0.29) is 18.9 Å². The van der Waals surface area contributed by atoms with Crippen molar-refractivity contribution >= 4 is 23.0 Å². The molecule has 6 heteroatoms. The molecule has 0 saturated heterocycles. The molecule has 0 aliphatic rings. The van der Waals surface area contributed by atoms with Crippen molar-refractivity contribution in [3.05, 3.63) is 70.8 Å². The van der Waals surface area contributed by atoms with E-state index in [1.165, 1.54) is 16.5 Å². The Bertz CT molecular complexity index is 990. The molecule has 0 fully saturated rings. The van der Waals surface area contributed by atoms with Crippen LogP contribution in [0.25, 0.3) is 11.0 Å². The number of aryl methyl sites for hydroxylation is 1. The summed E-state index contributed by atoms with van der Waals surface area (Å²) in [5, 5.41) is 0. The Balaban J connectivity index is 1.99. The molecule has 1 aromatic carbocycles. The van der Waals surface area contributed by atoms with Crippen LogP contribution in [0.4, 0.5) is 4.39 Å². The van der Waals surface area contributed by atoms with E-state index in [0.717, 1.165) is 34.4 Å². The van der Waals surface area contributed by atoms with E-state index < -0.39 is 0 Å². The molecule has 0 bridgehead atoms. The lowest BCUT2D eigenvalue weighted by molar-refractivity contribution is 0.554. The number of fused-ring (bicyclic) bond motifs is 1. The Hall–Kier alpha value is -2.15. The summed E-state index contributed by atoms with van der Waals surface area (Å²) < 4.78 is 18.3. The second-order valence-corrected chi connectivity index (χ2v) is 8.47. The molecular formula is C22H27FN4S. The molecule has 28 heavy (non-hydrogen) atoms. The van der Waals surface area contributed by atoms with Crippen molar-refractivity contribution in [1.29, 1.82) is 0 Å². The maximum Gasteiger partial charge on any atom is 0.117 e. The van der Waals surface area contributed by atoms with Crippen LogP contribution in [-0.4, -0.2) is 34.5 Å². The molecule has 2 aromatic heterocycles. The van der Waals surface area contributed by atoms with Gasteiger partial charge in [0.25, 0.3) is 0 Å². The zero-order valence-corrected chi connectivity index (χ0v) is 17.7. The summed E-state index contributed by atoms with van der Waals surface area (Å²) in [5.41, 5.74) is 11.7. The summed E-state index contributed by atoms with van der Waals surface area (Å²) in [6, 6.07) is 12.6. The first-order chi connectivity index (χ1) is 13.4. The third kappa shape index (κ3) is 4.63. The molecule has 0 unspecified atom stereocenters. The molecule has 2 heterocycles. The van der Waals surface area contributed by atoms with Crippen LogP contribution >= 0.6 is 11.9 Å². The predicted molar refractivity (Wildman–Crippen MR) is 116 cm³/mol. The van der Waals surface area contributed by atoms with Crippen LogP contribution in [0.2, 0.25) is 0 Å². The van der Waals surface area contributed by atoms with E-state index in [9.17, 15) is 4.39 Å². The summed E-state index contributed by atoms with van der Waals surface area (Å²) in [5.74, 6) is -0.223. The summed E-state index contributed by atoms with van der Waals surface area (Å²) in [4.78, 5) is 5.97. The molecule has 3 aromatic rings. The standard InChI is InChI=1S/C22H27FN4S/c1-15-5-10-21-22(25-15)20(16(2)27(21)14-18(23)11-12-24)13-17-6-8-19(9-7-17)28-26(3)4/h5-11H,12-14,24H2,1-4H3/b18-11-. The van der Waals surface area contributed by atoms with Crippen molar-refractivity contribution < 1.29 is 4.39 Å². The van der Waals surface area contributed by atoms with E-state index in [1.54, 1.807) is 11.9 Å². The first kappa shape index (κ1) is 20.6. The number of hydrogen-bond donors (Lipinski definition) is 1. The Labute approximate surface area is 170 Å². The van der Waals surface area contributed by atoms with Crippen LogP contribution in [0.3, 0.4) is 0 Å². The highest BCUT2D eigenvalue weighted by atomic mass is 32.2. The summed E-state index contributed by atoms with van der Waals surface area (Å²) in [6.07, 6.45) is 2.19. The number of benzene rings is 1. The lowest BCUT2D eigenvalue weighted by Crippen LogP contribution is -2.04. The van der Waals surface area contributed by atoms with Gasteiger partial charge >= 0.3 is 0 Å². The second kappa shape index (κ2) is 8.90. The lowest BCUT2D eigenvalue weighted by atomic mass is 10.0. The van der Waals surface area contributed by atoms with Gasteiger partial charge in [0.05, 0.1) is 17.6 Å². The Morgan fingerprint density at radius 3 is 2.54 bits per heavy atom. The van der Waals surface area contributed by atoms with E-state index in [2.05, 4.69) is 28.6 Å². The Morgan fingerprint density at radius 1 is 1.18 bits per heavy atom. The maximum absolute atomic E-state index is 14.2. The van der Waals surface area contributed by atoms with E-state index >= 15 is 0 Å². The SMILES string of the molecule is Cc1ccc2c(n1)c(Cc1ccc(SN(C)C)cc1)c(C)n2C/C(F)=C/CN. The molecule has 4 nitrogen and oxygen atoms in total. The number of halogens is 1. The van der Waals surface area contributed by atoms with Gasteiger partial charge in [-0.2, -0.15) is 0 Å². The molecule has 0 atom stereocenters. The van der Waals surface area contributed by atoms with Gasteiger partial charge in [-0.3, -0.25) is 9.29 Å². The fourth-order valence-electron chi connectivity index (χ4n) is 3.35. The monoisotopic (exact) mass is 398 g/mol. The van der Waals surface area contributed by atoms with Crippen LogP contribution in [0.5, 0.6) is 0 Å². The van der Waals surface area contributed by atoms with Crippen LogP contribution in [0.1, 0.15) is 22.5 Å². The van der Waals surface area contributed by atoms with Crippen LogP contribution in [0.15, 0.2) is 53.2 Å². The van der Waals surface area contributed by atoms with Gasteiger partial charge in [0.2, 0.25) is 0 Å². The highest BCUT2D eigenvalue weighted by molar-refractivity contribution is 7.97. The molecule has 148 valence electrons. The van der Waals surface area contributed by atoms with Gasteiger partial charge in [-0.05, 0) is 75.8 Å². The molecule has 0 aliphatic carbocycles. The van der Waals surface area contributed by atoms with Crippen LogP contribution < -0.4 is 5.73 Å². The Kier molecular flexibility index (Phi) is 6.54. The van der Waals surface area contributed by atoms with Crippen LogP contribution in [0, 0.1) is 13.8 Å². The van der Waals surface area contributed by atoms with E-state index in [0.29, 0.717) is 0 Å². The van der Waals surface area contributed by atoms with E-state index in [4.69, 9.17) is 10.7 Å². The minimum Gasteiger partial charge on any atom is -0.336 e. The van der Waals surface area contributed by atoms with Gasteiger partial charge in [0, 0.05) is 34.8 Å². The molecule has 0 aliphatic heterocycles. The van der Waals surface area contributed by atoms with Crippen molar-refractivity contribution in [3.63, 3.8) is 0 Å². The number of rotatable bonds is 7. The second-order valence-electron chi connectivity index (χ2n) is 7.08. The number of allylic oxidation sites excluding steroid dienone is 1. The third-order valence-corrected chi connectivity index (χ3v) is 5.52. The summed E-state index contributed by atoms with van der Waals surface area (Å²) >= 11 is 1.70. The van der Waals surface area contributed by atoms with Gasteiger partial charge in [-0.25, -0.2) is 4.39 Å². The van der Waals surface area contributed by atoms with Crippen molar-refractivity contribution in [2.75, 3.05) is 20.6 Å². The summed E-state index contributed by atoms with van der Waals surface area (Å²) in [7, 11) is 4.06. The fourth-order valence-corrected chi connectivity index (χ4v) is 4.03. The number of nitrogens with zero attached hydrogens (tertiary/aromatic N) is 3. The summed E-state index contributed by atoms with van der Waals surface area (Å²) in [6.45, 7) is 4.41.